The van der Waals surface area contributed by atoms with Crippen LogP contribution in [0, 0.1) is 24.8 Å². The fourth-order valence-electron chi connectivity index (χ4n) is 3.13. The summed E-state index contributed by atoms with van der Waals surface area (Å²) >= 11 is 4.19. The third-order valence-electron chi connectivity index (χ3n) is 4.76. The van der Waals surface area contributed by atoms with E-state index in [0.717, 1.165) is 10.5 Å². The van der Waals surface area contributed by atoms with Crippen molar-refractivity contribution in [2.24, 2.45) is 0 Å². The van der Waals surface area contributed by atoms with Gasteiger partial charge in [0.2, 0.25) is 5.91 Å². The summed E-state index contributed by atoms with van der Waals surface area (Å²) in [4.78, 5) is 39.9. The van der Waals surface area contributed by atoms with E-state index in [1.54, 1.807) is 45.0 Å². The van der Waals surface area contributed by atoms with Crippen molar-refractivity contribution in [3.63, 3.8) is 0 Å². The summed E-state index contributed by atoms with van der Waals surface area (Å²) < 4.78 is 5.23. The summed E-state index contributed by atoms with van der Waals surface area (Å²) in [6.45, 7) is 5.33. The molecule has 2 aromatic carbocycles. The van der Waals surface area contributed by atoms with Crippen LogP contribution in [0.2, 0.25) is 0 Å². The SMILES string of the molecule is C#Cc1ccc(C(C(=O)NCc2ccccc2)N(C#C)C(=O)C(CS)NC(=O)OC(C)(C)C)cc1. The molecule has 0 fully saturated rings. The molecule has 0 bridgehead atoms. The largest absolute Gasteiger partial charge is 0.444 e. The number of carbonyl (C=O) groups excluding carboxylic acids is 3. The van der Waals surface area contributed by atoms with E-state index in [0.29, 0.717) is 11.1 Å². The van der Waals surface area contributed by atoms with Gasteiger partial charge in [0.1, 0.15) is 17.7 Å². The molecule has 0 radical (unpaired) electrons. The summed E-state index contributed by atoms with van der Waals surface area (Å²) in [5.41, 5.74) is 1.17. The fourth-order valence-corrected chi connectivity index (χ4v) is 3.38. The van der Waals surface area contributed by atoms with Crippen molar-refractivity contribution in [2.75, 3.05) is 5.75 Å². The number of nitrogens with zero attached hydrogens (tertiary/aromatic N) is 1. The van der Waals surface area contributed by atoms with Crippen LogP contribution in [-0.4, -0.2) is 40.2 Å². The Bertz CT molecular complexity index is 1110. The molecule has 0 aromatic heterocycles. The molecule has 2 atom stereocenters. The molecule has 3 amide bonds. The third-order valence-corrected chi connectivity index (χ3v) is 5.12. The predicted octanol–water partition coefficient (Wildman–Crippen LogP) is 3.27. The fraction of sp³-hybridized carbons (Fsp3) is 0.296. The summed E-state index contributed by atoms with van der Waals surface area (Å²) in [5.74, 6) is 1.26. The Balaban J connectivity index is 2.34. The van der Waals surface area contributed by atoms with Crippen LogP contribution in [0.4, 0.5) is 4.79 Å². The van der Waals surface area contributed by atoms with E-state index in [-0.39, 0.29) is 12.3 Å². The highest BCUT2D eigenvalue weighted by atomic mass is 32.1. The second kappa shape index (κ2) is 12.5. The second-order valence-electron chi connectivity index (χ2n) is 8.59. The molecule has 0 aliphatic heterocycles. The number of carbonyl (C=O) groups is 3. The van der Waals surface area contributed by atoms with E-state index >= 15 is 0 Å². The third kappa shape index (κ3) is 8.13. The van der Waals surface area contributed by atoms with Gasteiger partial charge in [-0.1, -0.05) is 54.8 Å². The molecule has 0 aliphatic carbocycles. The van der Waals surface area contributed by atoms with Gasteiger partial charge in [0.05, 0.1) is 0 Å². The first kappa shape index (κ1) is 27.4. The number of ether oxygens (including phenoxy) is 1. The molecule has 2 aromatic rings. The number of hydrogen-bond donors (Lipinski definition) is 3. The molecule has 0 aliphatic rings. The van der Waals surface area contributed by atoms with Gasteiger partial charge in [0.15, 0.2) is 0 Å². The summed E-state index contributed by atoms with van der Waals surface area (Å²) in [6, 6.07) is 15.9. The van der Waals surface area contributed by atoms with E-state index in [4.69, 9.17) is 17.6 Å². The van der Waals surface area contributed by atoms with Gasteiger partial charge in [0.25, 0.3) is 5.91 Å². The van der Waals surface area contributed by atoms with Crippen molar-refractivity contribution in [3.8, 4) is 24.8 Å². The number of benzene rings is 2. The molecule has 0 spiro atoms. The average molecular weight is 492 g/mol. The standard InChI is InChI=1S/C27H29N3O4S/c1-6-19-13-15-21(16-14-19)23(24(31)28-17-20-11-9-8-10-12-20)30(7-2)25(32)22(18-35)29-26(33)34-27(3,4)5/h1-2,8-16,22-23,35H,17-18H2,3-5H3,(H,28,31)(H,29,33). The molecule has 2 N–H and O–H groups in total. The minimum Gasteiger partial charge on any atom is -0.444 e. The lowest BCUT2D eigenvalue weighted by Gasteiger charge is -2.30. The van der Waals surface area contributed by atoms with E-state index in [2.05, 4.69) is 35.2 Å². The average Bonchev–Trinajstić information content (AvgIpc) is 2.83. The van der Waals surface area contributed by atoms with Gasteiger partial charge >= 0.3 is 6.09 Å². The normalized spacial score (nSPS) is 12.3. The maximum atomic E-state index is 13.4. The van der Waals surface area contributed by atoms with Crippen molar-refractivity contribution in [1.82, 2.24) is 15.5 Å². The number of rotatable bonds is 8. The minimum atomic E-state index is -1.18. The first-order chi connectivity index (χ1) is 16.6. The summed E-state index contributed by atoms with van der Waals surface area (Å²) in [6.07, 6.45) is 10.4. The first-order valence-corrected chi connectivity index (χ1v) is 11.5. The van der Waals surface area contributed by atoms with Crippen molar-refractivity contribution in [2.45, 2.75) is 45.0 Å². The topological polar surface area (TPSA) is 87.7 Å². The molecule has 0 saturated heterocycles. The van der Waals surface area contributed by atoms with E-state index in [1.165, 1.54) is 0 Å². The highest BCUT2D eigenvalue weighted by Gasteiger charge is 2.35. The van der Waals surface area contributed by atoms with Crippen molar-refractivity contribution >= 4 is 30.5 Å². The number of alkyl carbamates (subject to hydrolysis) is 1. The maximum Gasteiger partial charge on any atom is 0.408 e. The van der Waals surface area contributed by atoms with Gasteiger partial charge in [-0.25, -0.2) is 4.79 Å². The van der Waals surface area contributed by atoms with Crippen LogP contribution in [0.15, 0.2) is 54.6 Å². The Kier molecular flexibility index (Phi) is 9.81. The molecule has 0 saturated carbocycles. The Morgan fingerprint density at radius 2 is 1.69 bits per heavy atom. The molecule has 2 unspecified atom stereocenters. The van der Waals surface area contributed by atoms with E-state index < -0.39 is 35.6 Å². The molecule has 182 valence electrons. The Labute approximate surface area is 212 Å². The lowest BCUT2D eigenvalue weighted by molar-refractivity contribution is -0.138. The molecule has 8 heteroatoms. The highest BCUT2D eigenvalue weighted by molar-refractivity contribution is 7.80. The molecule has 0 heterocycles. The Morgan fingerprint density at radius 1 is 1.06 bits per heavy atom. The van der Waals surface area contributed by atoms with Crippen LogP contribution in [-0.2, 0) is 20.9 Å². The lowest BCUT2D eigenvalue weighted by atomic mass is 10.0. The molecular formula is C27H29N3O4S. The van der Waals surface area contributed by atoms with Crippen LogP contribution in [0.1, 0.15) is 43.5 Å². The second-order valence-corrected chi connectivity index (χ2v) is 8.96. The van der Waals surface area contributed by atoms with Gasteiger partial charge in [-0.05, 0) is 44.0 Å². The van der Waals surface area contributed by atoms with Crippen LogP contribution in [0.3, 0.4) is 0 Å². The van der Waals surface area contributed by atoms with E-state index in [1.807, 2.05) is 30.3 Å². The quantitative estimate of drug-likeness (QED) is 0.301. The number of hydrogen-bond acceptors (Lipinski definition) is 5. The zero-order valence-electron chi connectivity index (χ0n) is 19.9. The zero-order chi connectivity index (χ0) is 26.0. The predicted molar refractivity (Wildman–Crippen MR) is 138 cm³/mol. The monoisotopic (exact) mass is 491 g/mol. The molecule has 35 heavy (non-hydrogen) atoms. The minimum absolute atomic E-state index is 0.0648. The van der Waals surface area contributed by atoms with Crippen LogP contribution >= 0.6 is 12.6 Å². The smallest absolute Gasteiger partial charge is 0.408 e. The van der Waals surface area contributed by atoms with Crippen molar-refractivity contribution < 1.29 is 19.1 Å². The van der Waals surface area contributed by atoms with Crippen LogP contribution < -0.4 is 10.6 Å². The molecular weight excluding hydrogens is 462 g/mol. The molecule has 2 rings (SSSR count). The van der Waals surface area contributed by atoms with Gasteiger partial charge in [-0.2, -0.15) is 12.6 Å². The van der Waals surface area contributed by atoms with Crippen molar-refractivity contribution in [1.29, 1.82) is 0 Å². The number of thiol groups is 1. The Hall–Kier alpha value is -3.88. The Morgan fingerprint density at radius 3 is 2.20 bits per heavy atom. The van der Waals surface area contributed by atoms with E-state index in [9.17, 15) is 14.4 Å². The van der Waals surface area contributed by atoms with Crippen LogP contribution in [0.25, 0.3) is 0 Å². The lowest BCUT2D eigenvalue weighted by Crippen LogP contribution is -2.52. The van der Waals surface area contributed by atoms with Gasteiger partial charge in [-0.3, -0.25) is 14.5 Å². The van der Waals surface area contributed by atoms with Crippen LogP contribution in [0.5, 0.6) is 0 Å². The van der Waals surface area contributed by atoms with Gasteiger partial charge in [0, 0.05) is 23.9 Å². The number of amides is 3. The number of terminal acetylenes is 2. The first-order valence-electron chi connectivity index (χ1n) is 10.9. The highest BCUT2D eigenvalue weighted by Crippen LogP contribution is 2.23. The maximum absolute atomic E-state index is 13.4. The van der Waals surface area contributed by atoms with Crippen molar-refractivity contribution in [3.05, 3.63) is 71.3 Å². The van der Waals surface area contributed by atoms with Gasteiger partial charge in [-0.15, -0.1) is 6.42 Å². The molecule has 7 nitrogen and oxygen atoms in total. The number of nitrogens with one attached hydrogen (secondary N) is 2. The summed E-state index contributed by atoms with van der Waals surface area (Å²) in [5, 5.41) is 5.30. The van der Waals surface area contributed by atoms with Gasteiger partial charge < -0.3 is 15.4 Å². The summed E-state index contributed by atoms with van der Waals surface area (Å²) in [7, 11) is 0. The zero-order valence-corrected chi connectivity index (χ0v) is 20.8.